The molecular weight excluding hydrogens is 356 g/mol. The largest absolute Gasteiger partial charge is 0.487 e. The van der Waals surface area contributed by atoms with Gasteiger partial charge in [0, 0.05) is 30.1 Å². The molecule has 1 aromatic carbocycles. The zero-order valence-electron chi connectivity index (χ0n) is 15.7. The molecule has 3 N–H and O–H groups in total. The standard InChI is InChI=1S/C21H24N4O3/c1-12-14-6-8-25(21(14)24-11-23-12)16-9-18(20(27)19(16)26)28-17-4-2-3-13-5-7-22-10-15(13)17/h2-4,6,8,11,16,18-20,22,26-27H,5,7,9-10H2,1H3/t16?,18?,19-,20+/m0/s1. The third-order valence-corrected chi connectivity index (χ3v) is 6.05. The fraction of sp³-hybridized carbons (Fsp3) is 0.429. The van der Waals surface area contributed by atoms with Crippen molar-refractivity contribution in [3.05, 3.63) is 53.6 Å². The average molecular weight is 380 g/mol. The number of fused-ring (bicyclic) bond motifs is 2. The molecule has 1 aliphatic heterocycles. The molecule has 7 heteroatoms. The highest BCUT2D eigenvalue weighted by Gasteiger charge is 2.44. The monoisotopic (exact) mass is 380 g/mol. The number of hydrogen-bond acceptors (Lipinski definition) is 6. The van der Waals surface area contributed by atoms with Gasteiger partial charge in [0.15, 0.2) is 0 Å². The smallest absolute Gasteiger partial charge is 0.143 e. The molecule has 1 saturated carbocycles. The van der Waals surface area contributed by atoms with Crippen LogP contribution in [-0.4, -0.2) is 49.6 Å². The third kappa shape index (κ3) is 2.78. The molecule has 0 saturated heterocycles. The van der Waals surface area contributed by atoms with Crippen LogP contribution >= 0.6 is 0 Å². The summed E-state index contributed by atoms with van der Waals surface area (Å²) in [5, 5.41) is 25.7. The van der Waals surface area contributed by atoms with Crippen molar-refractivity contribution in [2.45, 2.75) is 50.7 Å². The third-order valence-electron chi connectivity index (χ3n) is 6.05. The number of aliphatic hydroxyl groups excluding tert-OH is 2. The SMILES string of the molecule is Cc1ncnc2c1ccn2C1CC(Oc2cccc3c2CNCC3)[C@@H](O)[C@H]1O. The van der Waals surface area contributed by atoms with Crippen LogP contribution in [-0.2, 0) is 13.0 Å². The van der Waals surface area contributed by atoms with Gasteiger partial charge < -0.3 is 24.8 Å². The summed E-state index contributed by atoms with van der Waals surface area (Å²) < 4.78 is 8.16. The van der Waals surface area contributed by atoms with Gasteiger partial charge in [-0.1, -0.05) is 12.1 Å². The lowest BCUT2D eigenvalue weighted by atomic mass is 10.0. The molecule has 3 aromatic rings. The van der Waals surface area contributed by atoms with Crippen molar-refractivity contribution in [2.75, 3.05) is 6.54 Å². The zero-order valence-corrected chi connectivity index (χ0v) is 15.7. The van der Waals surface area contributed by atoms with Crippen LogP contribution < -0.4 is 10.1 Å². The maximum atomic E-state index is 10.7. The Balaban J connectivity index is 1.43. The molecule has 0 spiro atoms. The van der Waals surface area contributed by atoms with E-state index in [-0.39, 0.29) is 6.04 Å². The van der Waals surface area contributed by atoms with Crippen molar-refractivity contribution >= 4 is 11.0 Å². The maximum Gasteiger partial charge on any atom is 0.143 e. The molecule has 2 unspecified atom stereocenters. The van der Waals surface area contributed by atoms with E-state index in [1.165, 1.54) is 11.9 Å². The second-order valence-electron chi connectivity index (χ2n) is 7.68. The summed E-state index contributed by atoms with van der Waals surface area (Å²) in [6.07, 6.45) is 2.55. The second-order valence-corrected chi connectivity index (χ2v) is 7.68. The van der Waals surface area contributed by atoms with Crippen molar-refractivity contribution < 1.29 is 14.9 Å². The Bertz CT molecular complexity index is 1020. The first-order valence-corrected chi connectivity index (χ1v) is 9.76. The lowest BCUT2D eigenvalue weighted by molar-refractivity contribution is -0.0166. The molecule has 3 heterocycles. The van der Waals surface area contributed by atoms with E-state index < -0.39 is 18.3 Å². The van der Waals surface area contributed by atoms with Gasteiger partial charge >= 0.3 is 0 Å². The molecule has 4 atom stereocenters. The number of ether oxygens (including phenoxy) is 1. The number of benzene rings is 1. The van der Waals surface area contributed by atoms with Gasteiger partial charge in [0.25, 0.3) is 0 Å². The first kappa shape index (κ1) is 17.6. The minimum atomic E-state index is -0.960. The molecule has 0 amide bonds. The molecule has 1 fully saturated rings. The van der Waals surface area contributed by atoms with E-state index in [1.807, 2.05) is 35.9 Å². The second kappa shape index (κ2) is 6.84. The van der Waals surface area contributed by atoms with Crippen LogP contribution in [0.4, 0.5) is 0 Å². The highest BCUT2D eigenvalue weighted by molar-refractivity contribution is 5.78. The number of aliphatic hydroxyl groups is 2. The highest BCUT2D eigenvalue weighted by atomic mass is 16.5. The number of nitrogens with one attached hydrogen (secondary N) is 1. The fourth-order valence-corrected chi connectivity index (χ4v) is 4.48. The molecule has 7 nitrogen and oxygen atoms in total. The predicted octanol–water partition coefficient (Wildman–Crippen LogP) is 1.50. The molecule has 5 rings (SSSR count). The Morgan fingerprint density at radius 2 is 2.07 bits per heavy atom. The van der Waals surface area contributed by atoms with Gasteiger partial charge in [-0.3, -0.25) is 0 Å². The van der Waals surface area contributed by atoms with Crippen molar-refractivity contribution in [1.82, 2.24) is 19.9 Å². The van der Waals surface area contributed by atoms with Crippen LogP contribution in [0.2, 0.25) is 0 Å². The summed E-state index contributed by atoms with van der Waals surface area (Å²) in [4.78, 5) is 8.61. The molecule has 1 aliphatic carbocycles. The maximum absolute atomic E-state index is 10.7. The number of nitrogens with zero attached hydrogens (tertiary/aromatic N) is 3. The van der Waals surface area contributed by atoms with Crippen LogP contribution in [0.5, 0.6) is 5.75 Å². The van der Waals surface area contributed by atoms with Gasteiger partial charge in [-0.05, 0) is 37.6 Å². The van der Waals surface area contributed by atoms with Gasteiger partial charge in [-0.25, -0.2) is 9.97 Å². The Morgan fingerprint density at radius 1 is 1.18 bits per heavy atom. The lowest BCUT2D eigenvalue weighted by Gasteiger charge is -2.24. The molecule has 0 radical (unpaired) electrons. The van der Waals surface area contributed by atoms with Gasteiger partial charge in [-0.15, -0.1) is 0 Å². The van der Waals surface area contributed by atoms with Crippen molar-refractivity contribution in [1.29, 1.82) is 0 Å². The average Bonchev–Trinajstić information content (AvgIpc) is 3.26. The fourth-order valence-electron chi connectivity index (χ4n) is 4.48. The molecular formula is C21H24N4O3. The first-order valence-electron chi connectivity index (χ1n) is 9.76. The summed E-state index contributed by atoms with van der Waals surface area (Å²) in [7, 11) is 0. The van der Waals surface area contributed by atoms with Gasteiger partial charge in [0.05, 0.1) is 11.7 Å². The molecule has 28 heavy (non-hydrogen) atoms. The number of hydrogen-bond donors (Lipinski definition) is 3. The predicted molar refractivity (Wildman–Crippen MR) is 104 cm³/mol. The Labute approximate surface area is 163 Å². The van der Waals surface area contributed by atoms with Crippen molar-refractivity contribution in [2.24, 2.45) is 0 Å². The molecule has 2 aliphatic rings. The summed E-state index contributed by atoms with van der Waals surface area (Å²) in [5.74, 6) is 0.789. The number of rotatable bonds is 3. The van der Waals surface area contributed by atoms with E-state index in [2.05, 4.69) is 21.4 Å². The normalized spacial score (nSPS) is 27.1. The van der Waals surface area contributed by atoms with E-state index in [1.54, 1.807) is 0 Å². The van der Waals surface area contributed by atoms with Crippen LogP contribution in [0, 0.1) is 6.92 Å². The van der Waals surface area contributed by atoms with Gasteiger partial charge in [0.2, 0.25) is 0 Å². The minimum Gasteiger partial charge on any atom is -0.487 e. The summed E-state index contributed by atoms with van der Waals surface area (Å²) in [6, 6.07) is 7.72. The Hall–Kier alpha value is -2.48. The number of aromatic nitrogens is 3. The topological polar surface area (TPSA) is 92.4 Å². The van der Waals surface area contributed by atoms with E-state index in [0.717, 1.165) is 47.6 Å². The van der Waals surface area contributed by atoms with Gasteiger partial charge in [0.1, 0.15) is 36.0 Å². The van der Waals surface area contributed by atoms with E-state index >= 15 is 0 Å². The van der Waals surface area contributed by atoms with E-state index in [4.69, 9.17) is 4.74 Å². The van der Waals surface area contributed by atoms with Gasteiger partial charge in [-0.2, -0.15) is 0 Å². The molecule has 0 bridgehead atoms. The van der Waals surface area contributed by atoms with Crippen LogP contribution in [0.3, 0.4) is 0 Å². The summed E-state index contributed by atoms with van der Waals surface area (Å²) in [5.41, 5.74) is 4.09. The summed E-state index contributed by atoms with van der Waals surface area (Å²) >= 11 is 0. The molecule has 2 aromatic heterocycles. The Morgan fingerprint density at radius 3 is 2.96 bits per heavy atom. The zero-order chi connectivity index (χ0) is 19.3. The van der Waals surface area contributed by atoms with Crippen LogP contribution in [0.1, 0.15) is 29.3 Å². The minimum absolute atomic E-state index is 0.301. The number of aryl methyl sites for hydroxylation is 1. The van der Waals surface area contributed by atoms with E-state index in [0.29, 0.717) is 6.42 Å². The van der Waals surface area contributed by atoms with Crippen LogP contribution in [0.15, 0.2) is 36.8 Å². The lowest BCUT2D eigenvalue weighted by Crippen LogP contribution is -2.34. The first-order chi connectivity index (χ1) is 13.6. The molecule has 146 valence electrons. The van der Waals surface area contributed by atoms with E-state index in [9.17, 15) is 10.2 Å². The highest BCUT2D eigenvalue weighted by Crippen LogP contribution is 2.37. The van der Waals surface area contributed by atoms with Crippen molar-refractivity contribution in [3.63, 3.8) is 0 Å². The summed E-state index contributed by atoms with van der Waals surface area (Å²) in [6.45, 7) is 3.66. The quantitative estimate of drug-likeness (QED) is 0.638. The van der Waals surface area contributed by atoms with Crippen LogP contribution in [0.25, 0.3) is 11.0 Å². The van der Waals surface area contributed by atoms with Crippen molar-refractivity contribution in [3.8, 4) is 5.75 Å². The Kier molecular flexibility index (Phi) is 4.30.